The first-order chi connectivity index (χ1) is 10.5. The van der Waals surface area contributed by atoms with Gasteiger partial charge in [-0.2, -0.15) is 0 Å². The van der Waals surface area contributed by atoms with E-state index in [-0.39, 0.29) is 5.91 Å². The van der Waals surface area contributed by atoms with Crippen molar-refractivity contribution in [1.29, 1.82) is 0 Å². The first-order valence-corrected chi connectivity index (χ1v) is 6.92. The van der Waals surface area contributed by atoms with Gasteiger partial charge in [0.1, 0.15) is 0 Å². The zero-order valence-electron chi connectivity index (χ0n) is 11.6. The molecule has 3 rings (SSSR count). The molecule has 0 radical (unpaired) electrons. The summed E-state index contributed by atoms with van der Waals surface area (Å²) in [5, 5.41) is 2.90. The molecule has 2 aromatic rings. The van der Waals surface area contributed by atoms with Gasteiger partial charge in [0.25, 0.3) is 11.8 Å². The lowest BCUT2D eigenvalue weighted by Crippen LogP contribution is -2.29. The van der Waals surface area contributed by atoms with E-state index in [9.17, 15) is 14.4 Å². The lowest BCUT2D eigenvalue weighted by atomic mass is 10.1. The van der Waals surface area contributed by atoms with Crippen LogP contribution in [0.1, 0.15) is 27.6 Å². The average Bonchev–Trinajstić information content (AvgIpc) is 2.74. The van der Waals surface area contributed by atoms with Gasteiger partial charge in [0.2, 0.25) is 5.91 Å². The minimum absolute atomic E-state index is 0.290. The first kappa shape index (κ1) is 14.3. The lowest BCUT2D eigenvalue weighted by Gasteiger charge is -2.16. The van der Waals surface area contributed by atoms with Gasteiger partial charge in [0.05, 0.1) is 27.5 Å². The van der Waals surface area contributed by atoms with E-state index in [1.807, 2.05) is 0 Å². The van der Waals surface area contributed by atoms with Crippen molar-refractivity contribution in [2.24, 2.45) is 0 Å². The Morgan fingerprint density at radius 3 is 2.18 bits per heavy atom. The SMILES string of the molecule is CC(=O)Nc1cc(N2C(=O)c3ccccc3C2=O)ccc1Cl. The normalized spacial score (nSPS) is 13.3. The summed E-state index contributed by atoms with van der Waals surface area (Å²) < 4.78 is 0. The number of halogens is 1. The molecule has 2 aromatic carbocycles. The van der Waals surface area contributed by atoms with Crippen LogP contribution in [0.5, 0.6) is 0 Å². The number of benzene rings is 2. The van der Waals surface area contributed by atoms with Crippen molar-refractivity contribution in [2.75, 3.05) is 10.2 Å². The Hall–Kier alpha value is -2.66. The molecular weight excluding hydrogens is 304 g/mol. The Morgan fingerprint density at radius 1 is 1.05 bits per heavy atom. The molecule has 0 atom stereocenters. The molecule has 5 nitrogen and oxygen atoms in total. The van der Waals surface area contributed by atoms with E-state index >= 15 is 0 Å². The summed E-state index contributed by atoms with van der Waals surface area (Å²) in [6, 6.07) is 11.2. The van der Waals surface area contributed by atoms with E-state index in [0.29, 0.717) is 27.5 Å². The zero-order chi connectivity index (χ0) is 15.9. The molecule has 22 heavy (non-hydrogen) atoms. The number of hydrogen-bond acceptors (Lipinski definition) is 3. The van der Waals surface area contributed by atoms with Crippen LogP contribution in [-0.2, 0) is 4.79 Å². The molecule has 0 aromatic heterocycles. The number of nitrogens with zero attached hydrogens (tertiary/aromatic N) is 1. The van der Waals surface area contributed by atoms with Crippen LogP contribution in [0.2, 0.25) is 5.02 Å². The third-order valence-electron chi connectivity index (χ3n) is 3.31. The minimum atomic E-state index is -0.392. The van der Waals surface area contributed by atoms with Crippen molar-refractivity contribution in [3.63, 3.8) is 0 Å². The summed E-state index contributed by atoms with van der Waals surface area (Å²) in [5.41, 5.74) is 1.44. The molecule has 0 bridgehead atoms. The van der Waals surface area contributed by atoms with Gasteiger partial charge < -0.3 is 5.32 Å². The number of hydrogen-bond donors (Lipinski definition) is 1. The highest BCUT2D eigenvalue weighted by molar-refractivity contribution is 6.36. The van der Waals surface area contributed by atoms with Crippen molar-refractivity contribution in [3.05, 3.63) is 58.6 Å². The monoisotopic (exact) mass is 314 g/mol. The van der Waals surface area contributed by atoms with Crippen LogP contribution in [0.15, 0.2) is 42.5 Å². The van der Waals surface area contributed by atoms with Gasteiger partial charge in [-0.05, 0) is 30.3 Å². The Balaban J connectivity index is 2.04. The Labute approximate surface area is 131 Å². The first-order valence-electron chi connectivity index (χ1n) is 6.54. The van der Waals surface area contributed by atoms with Crippen LogP contribution in [0.25, 0.3) is 0 Å². The van der Waals surface area contributed by atoms with Crippen LogP contribution < -0.4 is 10.2 Å². The predicted octanol–water partition coefficient (Wildman–Crippen LogP) is 3.10. The molecule has 3 amide bonds. The smallest absolute Gasteiger partial charge is 0.266 e. The molecule has 6 heteroatoms. The highest BCUT2D eigenvalue weighted by atomic mass is 35.5. The molecule has 0 fully saturated rings. The predicted molar refractivity (Wildman–Crippen MR) is 83.3 cm³/mol. The molecule has 110 valence electrons. The molecule has 0 spiro atoms. The summed E-state index contributed by atoms with van der Waals surface area (Å²) in [6.45, 7) is 1.35. The summed E-state index contributed by atoms with van der Waals surface area (Å²) in [5.74, 6) is -1.07. The Bertz CT molecular complexity index is 782. The topological polar surface area (TPSA) is 66.5 Å². The number of carbonyl (C=O) groups excluding carboxylic acids is 3. The van der Waals surface area contributed by atoms with E-state index in [0.717, 1.165) is 4.90 Å². The summed E-state index contributed by atoms with van der Waals surface area (Å²) in [7, 11) is 0. The maximum Gasteiger partial charge on any atom is 0.266 e. The van der Waals surface area contributed by atoms with Crippen LogP contribution >= 0.6 is 11.6 Å². The summed E-state index contributed by atoms with van der Waals surface area (Å²) in [4.78, 5) is 37.1. The molecule has 1 heterocycles. The van der Waals surface area contributed by atoms with Crippen molar-refractivity contribution in [2.45, 2.75) is 6.92 Å². The fourth-order valence-corrected chi connectivity index (χ4v) is 2.53. The van der Waals surface area contributed by atoms with E-state index in [2.05, 4.69) is 5.32 Å². The number of carbonyl (C=O) groups is 3. The largest absolute Gasteiger partial charge is 0.325 e. The molecular formula is C16H11ClN2O3. The number of nitrogens with one attached hydrogen (secondary N) is 1. The summed E-state index contributed by atoms with van der Waals surface area (Å²) >= 11 is 6.01. The van der Waals surface area contributed by atoms with Gasteiger partial charge in [-0.3, -0.25) is 14.4 Å². The maximum absolute atomic E-state index is 12.4. The Morgan fingerprint density at radius 2 is 1.64 bits per heavy atom. The number of amides is 3. The van der Waals surface area contributed by atoms with Gasteiger partial charge >= 0.3 is 0 Å². The zero-order valence-corrected chi connectivity index (χ0v) is 12.3. The molecule has 1 aliphatic rings. The number of imide groups is 1. The van der Waals surface area contributed by atoms with Gasteiger partial charge in [-0.25, -0.2) is 4.90 Å². The van der Waals surface area contributed by atoms with Gasteiger partial charge in [0.15, 0.2) is 0 Å². The van der Waals surface area contributed by atoms with Crippen molar-refractivity contribution >= 4 is 40.7 Å². The van der Waals surface area contributed by atoms with E-state index in [1.165, 1.54) is 19.1 Å². The second kappa shape index (κ2) is 5.27. The number of fused-ring (bicyclic) bond motifs is 1. The van der Waals surface area contributed by atoms with Gasteiger partial charge in [0, 0.05) is 6.92 Å². The number of rotatable bonds is 2. The van der Waals surface area contributed by atoms with Crippen molar-refractivity contribution in [1.82, 2.24) is 0 Å². The van der Waals surface area contributed by atoms with Crippen LogP contribution in [0, 0.1) is 0 Å². The molecule has 1 N–H and O–H groups in total. The number of anilines is 2. The molecule has 0 unspecified atom stereocenters. The molecule has 0 saturated carbocycles. The molecule has 0 saturated heterocycles. The minimum Gasteiger partial charge on any atom is -0.325 e. The standard InChI is InChI=1S/C16H11ClN2O3/c1-9(20)18-14-8-10(6-7-13(14)17)19-15(21)11-4-2-3-5-12(11)16(19)22/h2-8H,1H3,(H,18,20). The third kappa shape index (κ3) is 2.25. The van der Waals surface area contributed by atoms with E-state index in [1.54, 1.807) is 30.3 Å². The summed E-state index contributed by atoms with van der Waals surface area (Å²) in [6.07, 6.45) is 0. The molecule has 0 aliphatic carbocycles. The van der Waals surface area contributed by atoms with Gasteiger partial charge in [-0.1, -0.05) is 23.7 Å². The van der Waals surface area contributed by atoms with Crippen LogP contribution in [0.4, 0.5) is 11.4 Å². The van der Waals surface area contributed by atoms with Crippen molar-refractivity contribution in [3.8, 4) is 0 Å². The third-order valence-corrected chi connectivity index (χ3v) is 3.64. The van der Waals surface area contributed by atoms with E-state index < -0.39 is 11.8 Å². The molecule has 1 aliphatic heterocycles. The second-order valence-electron chi connectivity index (χ2n) is 4.84. The van der Waals surface area contributed by atoms with Crippen LogP contribution in [-0.4, -0.2) is 17.7 Å². The van der Waals surface area contributed by atoms with Crippen LogP contribution in [0.3, 0.4) is 0 Å². The van der Waals surface area contributed by atoms with Crippen molar-refractivity contribution < 1.29 is 14.4 Å². The van der Waals surface area contributed by atoms with E-state index in [4.69, 9.17) is 11.6 Å². The fraction of sp³-hybridized carbons (Fsp3) is 0.0625. The quantitative estimate of drug-likeness (QED) is 0.866. The lowest BCUT2D eigenvalue weighted by molar-refractivity contribution is -0.114. The fourth-order valence-electron chi connectivity index (χ4n) is 2.36. The second-order valence-corrected chi connectivity index (χ2v) is 5.24. The average molecular weight is 315 g/mol. The maximum atomic E-state index is 12.4. The van der Waals surface area contributed by atoms with Gasteiger partial charge in [-0.15, -0.1) is 0 Å². The highest BCUT2D eigenvalue weighted by Gasteiger charge is 2.36. The highest BCUT2D eigenvalue weighted by Crippen LogP contribution is 2.32. The Kier molecular flexibility index (Phi) is 3.42.